The molecule has 126 valence electrons. The van der Waals surface area contributed by atoms with Crippen LogP contribution in [0.3, 0.4) is 0 Å². The maximum Gasteiger partial charge on any atom is 0.410 e. The molecule has 0 atom stereocenters. The van der Waals surface area contributed by atoms with Gasteiger partial charge in [-0.2, -0.15) is 0 Å². The van der Waals surface area contributed by atoms with E-state index in [-0.39, 0.29) is 6.09 Å². The zero-order valence-corrected chi connectivity index (χ0v) is 14.0. The molecule has 0 spiro atoms. The second kappa shape index (κ2) is 7.46. The van der Waals surface area contributed by atoms with Crippen molar-refractivity contribution in [1.82, 2.24) is 9.80 Å². The number of rotatable bonds is 4. The van der Waals surface area contributed by atoms with Crippen LogP contribution in [-0.2, 0) is 16.1 Å². The van der Waals surface area contributed by atoms with Crippen molar-refractivity contribution in [2.24, 2.45) is 0 Å². The van der Waals surface area contributed by atoms with Crippen molar-refractivity contribution in [3.8, 4) is 0 Å². The standard InChI is InChI=1S/C17H25N3O3/c1-17(2,3)23-16(22)20-10-8-19(9-11-20)12-14-4-6-15(7-5-14)18-13-21/h4-7,13H,8-12H2,1-3H3,(H,18,21). The van der Waals surface area contributed by atoms with Crippen molar-refractivity contribution in [2.45, 2.75) is 32.9 Å². The number of nitrogens with zero attached hydrogens (tertiary/aromatic N) is 2. The van der Waals surface area contributed by atoms with Gasteiger partial charge in [0.15, 0.2) is 0 Å². The summed E-state index contributed by atoms with van der Waals surface area (Å²) in [6.07, 6.45) is 0.437. The Kier molecular flexibility index (Phi) is 5.60. The number of amides is 2. The SMILES string of the molecule is CC(C)(C)OC(=O)N1CCN(Cc2ccc(NC=O)cc2)CC1. The summed E-state index contributed by atoms with van der Waals surface area (Å²) in [6.45, 7) is 9.49. The lowest BCUT2D eigenvalue weighted by Gasteiger charge is -2.35. The number of nitrogens with one attached hydrogen (secondary N) is 1. The third kappa shape index (κ3) is 5.56. The van der Waals surface area contributed by atoms with E-state index in [1.165, 1.54) is 5.56 Å². The summed E-state index contributed by atoms with van der Waals surface area (Å²) in [5.41, 5.74) is 1.52. The van der Waals surface area contributed by atoms with Crippen LogP contribution in [0.4, 0.5) is 10.5 Å². The minimum absolute atomic E-state index is 0.235. The predicted molar refractivity (Wildman–Crippen MR) is 89.2 cm³/mol. The largest absolute Gasteiger partial charge is 0.444 e. The summed E-state index contributed by atoms with van der Waals surface area (Å²) >= 11 is 0. The van der Waals surface area contributed by atoms with Crippen molar-refractivity contribution in [3.63, 3.8) is 0 Å². The quantitative estimate of drug-likeness (QED) is 0.865. The zero-order valence-electron chi connectivity index (χ0n) is 14.0. The van der Waals surface area contributed by atoms with Crippen LogP contribution in [0.25, 0.3) is 0 Å². The topological polar surface area (TPSA) is 61.9 Å². The van der Waals surface area contributed by atoms with E-state index in [2.05, 4.69) is 10.2 Å². The Morgan fingerprint density at radius 2 is 1.78 bits per heavy atom. The van der Waals surface area contributed by atoms with Crippen LogP contribution in [0.15, 0.2) is 24.3 Å². The van der Waals surface area contributed by atoms with Gasteiger partial charge < -0.3 is 15.0 Å². The van der Waals surface area contributed by atoms with Gasteiger partial charge in [0.1, 0.15) is 5.60 Å². The second-order valence-corrected chi connectivity index (χ2v) is 6.70. The van der Waals surface area contributed by atoms with E-state index in [1.807, 2.05) is 45.0 Å². The molecule has 1 aromatic rings. The number of piperazine rings is 1. The summed E-state index contributed by atoms with van der Waals surface area (Å²) in [6, 6.07) is 7.79. The van der Waals surface area contributed by atoms with E-state index < -0.39 is 5.60 Å². The van der Waals surface area contributed by atoms with Crippen LogP contribution in [-0.4, -0.2) is 54.1 Å². The molecular formula is C17H25N3O3. The first-order chi connectivity index (χ1) is 10.9. The fraction of sp³-hybridized carbons (Fsp3) is 0.529. The lowest BCUT2D eigenvalue weighted by molar-refractivity contribution is -0.105. The third-order valence-electron chi connectivity index (χ3n) is 3.61. The lowest BCUT2D eigenvalue weighted by Crippen LogP contribution is -2.49. The number of anilines is 1. The van der Waals surface area contributed by atoms with Gasteiger partial charge in [-0.15, -0.1) is 0 Å². The highest BCUT2D eigenvalue weighted by Gasteiger charge is 2.25. The highest BCUT2D eigenvalue weighted by molar-refractivity contribution is 5.71. The zero-order chi connectivity index (χ0) is 16.9. The lowest BCUT2D eigenvalue weighted by atomic mass is 10.2. The van der Waals surface area contributed by atoms with Gasteiger partial charge in [-0.1, -0.05) is 12.1 Å². The van der Waals surface area contributed by atoms with Crippen LogP contribution in [0.1, 0.15) is 26.3 Å². The molecule has 1 aliphatic rings. The van der Waals surface area contributed by atoms with Crippen LogP contribution in [0.5, 0.6) is 0 Å². The van der Waals surface area contributed by atoms with Gasteiger partial charge in [0.25, 0.3) is 0 Å². The molecule has 1 aromatic carbocycles. The molecular weight excluding hydrogens is 294 g/mol. The van der Waals surface area contributed by atoms with E-state index in [4.69, 9.17) is 4.74 Å². The fourth-order valence-electron chi connectivity index (χ4n) is 2.45. The highest BCUT2D eigenvalue weighted by atomic mass is 16.6. The van der Waals surface area contributed by atoms with Crippen LogP contribution in [0, 0.1) is 0 Å². The Balaban J connectivity index is 1.80. The number of hydrogen-bond donors (Lipinski definition) is 1. The Morgan fingerprint density at radius 3 is 2.30 bits per heavy atom. The molecule has 0 bridgehead atoms. The number of ether oxygens (including phenoxy) is 1. The fourth-order valence-corrected chi connectivity index (χ4v) is 2.45. The first kappa shape index (κ1) is 17.3. The molecule has 1 aliphatic heterocycles. The number of benzene rings is 1. The van der Waals surface area contributed by atoms with Gasteiger partial charge in [-0.05, 0) is 38.5 Å². The van der Waals surface area contributed by atoms with Crippen molar-refractivity contribution in [2.75, 3.05) is 31.5 Å². The van der Waals surface area contributed by atoms with Crippen LogP contribution < -0.4 is 5.32 Å². The number of hydrogen-bond acceptors (Lipinski definition) is 4. The van der Waals surface area contributed by atoms with E-state index in [0.29, 0.717) is 19.5 Å². The summed E-state index contributed by atoms with van der Waals surface area (Å²) < 4.78 is 5.40. The van der Waals surface area contributed by atoms with Gasteiger partial charge in [-0.3, -0.25) is 9.69 Å². The van der Waals surface area contributed by atoms with Crippen molar-refractivity contribution in [3.05, 3.63) is 29.8 Å². The second-order valence-electron chi connectivity index (χ2n) is 6.70. The Bertz CT molecular complexity index is 529. The molecule has 0 radical (unpaired) electrons. The molecule has 2 amide bonds. The minimum atomic E-state index is -0.453. The van der Waals surface area contributed by atoms with Crippen LogP contribution >= 0.6 is 0 Å². The molecule has 1 heterocycles. The molecule has 1 saturated heterocycles. The normalized spacial score (nSPS) is 16.0. The summed E-state index contributed by atoms with van der Waals surface area (Å²) in [4.78, 5) is 26.5. The van der Waals surface area contributed by atoms with E-state index in [9.17, 15) is 9.59 Å². The third-order valence-corrected chi connectivity index (χ3v) is 3.61. The molecule has 1 fully saturated rings. The molecule has 0 saturated carbocycles. The molecule has 6 nitrogen and oxygen atoms in total. The van der Waals surface area contributed by atoms with E-state index >= 15 is 0 Å². The highest BCUT2D eigenvalue weighted by Crippen LogP contribution is 2.14. The maximum atomic E-state index is 12.0. The summed E-state index contributed by atoms with van der Waals surface area (Å²) in [5.74, 6) is 0. The molecule has 0 unspecified atom stereocenters. The average Bonchev–Trinajstić information content (AvgIpc) is 2.48. The Hall–Kier alpha value is -2.08. The van der Waals surface area contributed by atoms with Crippen LogP contribution in [0.2, 0.25) is 0 Å². The van der Waals surface area contributed by atoms with Crippen molar-refractivity contribution >= 4 is 18.2 Å². The Morgan fingerprint density at radius 1 is 1.17 bits per heavy atom. The van der Waals surface area contributed by atoms with Gasteiger partial charge in [-0.25, -0.2) is 4.79 Å². The monoisotopic (exact) mass is 319 g/mol. The van der Waals surface area contributed by atoms with Gasteiger partial charge in [0, 0.05) is 38.4 Å². The van der Waals surface area contributed by atoms with Gasteiger partial charge in [0.05, 0.1) is 0 Å². The minimum Gasteiger partial charge on any atom is -0.444 e. The van der Waals surface area contributed by atoms with Crippen molar-refractivity contribution < 1.29 is 14.3 Å². The van der Waals surface area contributed by atoms with E-state index in [1.54, 1.807) is 4.90 Å². The molecule has 23 heavy (non-hydrogen) atoms. The van der Waals surface area contributed by atoms with Gasteiger partial charge in [0.2, 0.25) is 6.41 Å². The molecule has 0 aromatic heterocycles. The maximum absolute atomic E-state index is 12.0. The number of carbonyl (C=O) groups excluding carboxylic acids is 2. The summed E-state index contributed by atoms with van der Waals surface area (Å²) in [7, 11) is 0. The smallest absolute Gasteiger partial charge is 0.410 e. The first-order valence-corrected chi connectivity index (χ1v) is 7.87. The molecule has 0 aliphatic carbocycles. The number of carbonyl (C=O) groups is 2. The predicted octanol–water partition coefficient (Wildman–Crippen LogP) is 2.31. The van der Waals surface area contributed by atoms with Gasteiger partial charge >= 0.3 is 6.09 Å². The first-order valence-electron chi connectivity index (χ1n) is 7.87. The summed E-state index contributed by atoms with van der Waals surface area (Å²) in [5, 5.41) is 2.62. The molecule has 6 heteroatoms. The molecule has 1 N–H and O–H groups in total. The molecule has 2 rings (SSSR count). The van der Waals surface area contributed by atoms with Crippen molar-refractivity contribution in [1.29, 1.82) is 0 Å². The Labute approximate surface area is 137 Å². The van der Waals surface area contributed by atoms with E-state index in [0.717, 1.165) is 25.3 Å². The average molecular weight is 319 g/mol.